The zero-order chi connectivity index (χ0) is 23.2. The topological polar surface area (TPSA) is 0 Å². The maximum atomic E-state index is 2.79. The van der Waals surface area contributed by atoms with Gasteiger partial charge in [0.15, 0.2) is 0 Å². The molecule has 0 heterocycles. The molecule has 3 aliphatic carbocycles. The molecule has 172 valence electrons. The SMILES string of the molecule is [CH3][Hf]([CH3])(=[C](c1ccccc1)C1CCCCC1)([c]1cccc2c1Cc1ccccc1-2)[CH]1C=CC=C1. The Morgan fingerprint density at radius 3 is 2.15 bits per heavy atom. The Balaban J connectivity index is 1.73. The van der Waals surface area contributed by atoms with Gasteiger partial charge in [0.1, 0.15) is 0 Å². The molecular formula is C33H36Hf. The third-order valence-corrected chi connectivity index (χ3v) is 34.0. The Kier molecular flexibility index (Phi) is 5.60. The van der Waals surface area contributed by atoms with Crippen LogP contribution < -0.4 is 3.32 Å². The number of hydrogen-bond donors (Lipinski definition) is 0. The zero-order valence-corrected chi connectivity index (χ0v) is 24.2. The van der Waals surface area contributed by atoms with Crippen LogP contribution in [0, 0.1) is 5.92 Å². The van der Waals surface area contributed by atoms with E-state index < -0.39 is 18.0 Å². The molecular weight excluding hydrogens is 575 g/mol. The van der Waals surface area contributed by atoms with E-state index in [2.05, 4.69) is 106 Å². The number of fused-ring (bicyclic) bond motifs is 3. The van der Waals surface area contributed by atoms with Crippen molar-refractivity contribution in [3.63, 3.8) is 0 Å². The minimum absolute atomic E-state index is 0.546. The van der Waals surface area contributed by atoms with Crippen LogP contribution in [-0.4, -0.2) is 3.26 Å². The molecule has 0 aliphatic heterocycles. The van der Waals surface area contributed by atoms with E-state index in [9.17, 15) is 0 Å². The second-order valence-electron chi connectivity index (χ2n) is 11.6. The first-order chi connectivity index (χ1) is 16.6. The zero-order valence-electron chi connectivity index (χ0n) is 20.6. The van der Waals surface area contributed by atoms with Crippen LogP contribution in [-0.2, 0) is 24.4 Å². The fourth-order valence-corrected chi connectivity index (χ4v) is 31.9. The molecule has 1 heteroatoms. The van der Waals surface area contributed by atoms with Crippen molar-refractivity contribution in [1.29, 1.82) is 0 Å². The monoisotopic (exact) mass is 612 g/mol. The Labute approximate surface area is 206 Å². The van der Waals surface area contributed by atoms with Crippen LogP contribution in [0.5, 0.6) is 0 Å². The third kappa shape index (κ3) is 3.38. The molecule has 0 unspecified atom stereocenters. The molecule has 3 aromatic carbocycles. The van der Waals surface area contributed by atoms with Crippen molar-refractivity contribution in [2.75, 3.05) is 0 Å². The van der Waals surface area contributed by atoms with Gasteiger partial charge >= 0.3 is 207 Å². The summed E-state index contributed by atoms with van der Waals surface area (Å²) in [6, 6.07) is 27.9. The number of allylic oxidation sites excluding steroid dienone is 4. The Hall–Kier alpha value is -2.12. The normalized spacial score (nSPS) is 18.2. The third-order valence-electron chi connectivity index (χ3n) is 9.35. The van der Waals surface area contributed by atoms with Crippen molar-refractivity contribution in [2.24, 2.45) is 5.92 Å². The maximum absolute atomic E-state index is 4.02. The Morgan fingerprint density at radius 2 is 1.38 bits per heavy atom. The molecule has 0 amide bonds. The molecule has 0 spiro atoms. The second-order valence-corrected chi connectivity index (χ2v) is 35.7. The summed E-state index contributed by atoms with van der Waals surface area (Å²) in [4.78, 5) is 0. The van der Waals surface area contributed by atoms with Crippen LogP contribution in [0.25, 0.3) is 11.1 Å². The molecule has 1 saturated carbocycles. The van der Waals surface area contributed by atoms with Crippen LogP contribution in [0.4, 0.5) is 0 Å². The van der Waals surface area contributed by atoms with Gasteiger partial charge < -0.3 is 0 Å². The number of rotatable bonds is 4. The molecule has 0 saturated heterocycles. The van der Waals surface area contributed by atoms with E-state index in [1.54, 1.807) is 8.88 Å². The van der Waals surface area contributed by atoms with E-state index in [0.717, 1.165) is 6.42 Å². The molecule has 0 nitrogen and oxygen atoms in total. The minimum atomic E-state index is -4.02. The quantitative estimate of drug-likeness (QED) is 0.204. The van der Waals surface area contributed by atoms with Gasteiger partial charge in [-0.15, -0.1) is 0 Å². The van der Waals surface area contributed by atoms with Crippen molar-refractivity contribution >= 4 is 6.58 Å². The molecule has 3 aromatic rings. The molecule has 6 rings (SSSR count). The van der Waals surface area contributed by atoms with Gasteiger partial charge in [0.05, 0.1) is 0 Å². The molecule has 1 fully saturated rings. The van der Waals surface area contributed by atoms with Crippen molar-refractivity contribution in [2.45, 2.75) is 51.6 Å². The summed E-state index contributed by atoms with van der Waals surface area (Å²) in [5, 5.41) is 0. The van der Waals surface area contributed by atoms with E-state index in [0.29, 0.717) is 9.59 Å². The van der Waals surface area contributed by atoms with Crippen LogP contribution in [0.2, 0.25) is 13.0 Å². The standard InChI is InChI=1S/C13H9.C13H16.C5H5.2CH3.Hf/c1-3-7-12-10(5-1)9-11-6-2-4-8-13(11)12;1-3-7-12(8-4-1)11-13-9-5-2-6-10-13;1-2-4-5-3-1;;;/h1-5,7-8H,9H2;1,3-4,7-8,13H,2,5-6,9-10H2;1-5H;2*1H3;. The van der Waals surface area contributed by atoms with Gasteiger partial charge in [-0.05, 0) is 0 Å². The summed E-state index contributed by atoms with van der Waals surface area (Å²) in [7, 11) is 0. The van der Waals surface area contributed by atoms with Crippen LogP contribution in [0.15, 0.2) is 97.1 Å². The van der Waals surface area contributed by atoms with E-state index in [1.165, 1.54) is 54.4 Å². The molecule has 0 bridgehead atoms. The van der Waals surface area contributed by atoms with Gasteiger partial charge in [-0.3, -0.25) is 0 Å². The van der Waals surface area contributed by atoms with E-state index in [4.69, 9.17) is 0 Å². The molecule has 34 heavy (non-hydrogen) atoms. The predicted molar refractivity (Wildman–Crippen MR) is 145 cm³/mol. The van der Waals surface area contributed by atoms with E-state index >= 15 is 0 Å². The molecule has 0 radical (unpaired) electrons. The molecule has 0 atom stereocenters. The van der Waals surface area contributed by atoms with Gasteiger partial charge in [0, 0.05) is 0 Å². The first-order valence-corrected chi connectivity index (χ1v) is 26.1. The van der Waals surface area contributed by atoms with Crippen LogP contribution >= 0.6 is 0 Å². The van der Waals surface area contributed by atoms with E-state index in [1.807, 2.05) is 3.26 Å². The first-order valence-electron chi connectivity index (χ1n) is 13.2. The summed E-state index contributed by atoms with van der Waals surface area (Å²) < 4.78 is 9.72. The summed E-state index contributed by atoms with van der Waals surface area (Å²) >= 11 is -4.02. The number of hydrogen-bond acceptors (Lipinski definition) is 0. The van der Waals surface area contributed by atoms with Gasteiger partial charge in [0.25, 0.3) is 0 Å². The summed E-state index contributed by atoms with van der Waals surface area (Å²) in [5.74, 6) is 0.712. The first kappa shape index (κ1) is 22.4. The van der Waals surface area contributed by atoms with E-state index in [-0.39, 0.29) is 0 Å². The molecule has 0 aromatic heterocycles. The van der Waals surface area contributed by atoms with Crippen molar-refractivity contribution in [1.82, 2.24) is 0 Å². The van der Waals surface area contributed by atoms with Gasteiger partial charge in [-0.25, -0.2) is 0 Å². The van der Waals surface area contributed by atoms with Gasteiger partial charge in [-0.2, -0.15) is 0 Å². The summed E-state index contributed by atoms with van der Waals surface area (Å²) in [6.45, 7) is 0. The van der Waals surface area contributed by atoms with Crippen molar-refractivity contribution in [3.8, 4) is 11.1 Å². The van der Waals surface area contributed by atoms with Crippen LogP contribution in [0.1, 0.15) is 48.8 Å². The van der Waals surface area contributed by atoms with Gasteiger partial charge in [0.2, 0.25) is 0 Å². The average Bonchev–Trinajstić information content (AvgIpc) is 3.55. The van der Waals surface area contributed by atoms with Crippen molar-refractivity contribution in [3.05, 3.63) is 114 Å². The fraction of sp³-hybridized carbons (Fsp3) is 0.303. The summed E-state index contributed by atoms with van der Waals surface area (Å²) in [6.07, 6.45) is 17.7. The van der Waals surface area contributed by atoms with Gasteiger partial charge in [-0.1, -0.05) is 0 Å². The second kappa shape index (κ2) is 8.52. The van der Waals surface area contributed by atoms with Crippen LogP contribution in [0.3, 0.4) is 0 Å². The average molecular weight is 611 g/mol. The van der Waals surface area contributed by atoms with Crippen molar-refractivity contribution < 1.29 is 18.0 Å². The summed E-state index contributed by atoms with van der Waals surface area (Å²) in [5.41, 5.74) is 7.59. The Bertz CT molecular complexity index is 1340. The molecule has 3 aliphatic rings. The predicted octanol–water partition coefficient (Wildman–Crippen LogP) is 8.38. The number of benzene rings is 3. The fourth-order valence-electron chi connectivity index (χ4n) is 7.71. The molecule has 0 N–H and O–H groups in total. The Morgan fingerprint density at radius 1 is 0.706 bits per heavy atom.